The lowest BCUT2D eigenvalue weighted by atomic mass is 10.3. The molecule has 0 bridgehead atoms. The standard InChI is InChI=1S/C12H14N4O3S3/c1-7(16-22(18,19)9-3-2-6-20-9)10(17)13-12-15-14-11(21-12)8-4-5-8/h2-3,6-8,16H,4-5H2,1H3,(H,13,15,17). The summed E-state index contributed by atoms with van der Waals surface area (Å²) in [6.07, 6.45) is 2.22. The number of sulfonamides is 1. The zero-order chi connectivity index (χ0) is 15.7. The van der Waals surface area contributed by atoms with Crippen molar-refractivity contribution in [1.82, 2.24) is 14.9 Å². The van der Waals surface area contributed by atoms with E-state index in [0.717, 1.165) is 29.2 Å². The van der Waals surface area contributed by atoms with Gasteiger partial charge in [0.05, 0.1) is 6.04 Å². The minimum atomic E-state index is -3.68. The molecule has 1 aliphatic carbocycles. The predicted octanol–water partition coefficient (Wildman–Crippen LogP) is 1.78. The fourth-order valence-electron chi connectivity index (χ4n) is 1.75. The van der Waals surface area contributed by atoms with E-state index in [1.54, 1.807) is 11.4 Å². The molecule has 1 fully saturated rings. The maximum absolute atomic E-state index is 12.1. The van der Waals surface area contributed by atoms with E-state index in [1.165, 1.54) is 24.3 Å². The number of nitrogens with zero attached hydrogens (tertiary/aromatic N) is 2. The van der Waals surface area contributed by atoms with Crippen LogP contribution in [-0.2, 0) is 14.8 Å². The Kier molecular flexibility index (Phi) is 4.26. The fourth-order valence-corrected chi connectivity index (χ4v) is 4.88. The van der Waals surface area contributed by atoms with Crippen molar-refractivity contribution in [2.75, 3.05) is 5.32 Å². The first-order chi connectivity index (χ1) is 10.5. The zero-order valence-corrected chi connectivity index (χ0v) is 14.1. The summed E-state index contributed by atoms with van der Waals surface area (Å²) in [5, 5.41) is 13.5. The number of anilines is 1. The van der Waals surface area contributed by atoms with Gasteiger partial charge >= 0.3 is 0 Å². The second-order valence-electron chi connectivity index (χ2n) is 4.98. The third-order valence-electron chi connectivity index (χ3n) is 3.08. The molecule has 1 unspecified atom stereocenters. The molecular formula is C12H14N4O3S3. The third-order valence-corrected chi connectivity index (χ3v) is 7.02. The summed E-state index contributed by atoms with van der Waals surface area (Å²) in [7, 11) is -3.68. The maximum atomic E-state index is 12.1. The van der Waals surface area contributed by atoms with Gasteiger partial charge in [-0.25, -0.2) is 8.42 Å². The lowest BCUT2D eigenvalue weighted by Crippen LogP contribution is -2.41. The average Bonchev–Trinajstić information content (AvgIpc) is 2.98. The van der Waals surface area contributed by atoms with E-state index in [-0.39, 0.29) is 4.21 Å². The number of hydrogen-bond donors (Lipinski definition) is 2. The van der Waals surface area contributed by atoms with Gasteiger partial charge in [-0.3, -0.25) is 10.1 Å². The van der Waals surface area contributed by atoms with Crippen molar-refractivity contribution < 1.29 is 13.2 Å². The Bertz CT molecular complexity index is 765. The number of carbonyl (C=O) groups is 1. The Morgan fingerprint density at radius 1 is 1.41 bits per heavy atom. The number of thiophene rings is 1. The first-order valence-corrected chi connectivity index (χ1v) is 9.84. The number of aromatic nitrogens is 2. The number of amides is 1. The quantitative estimate of drug-likeness (QED) is 0.820. The molecule has 2 N–H and O–H groups in total. The molecule has 1 saturated carbocycles. The van der Waals surface area contributed by atoms with Crippen molar-refractivity contribution in [3.63, 3.8) is 0 Å². The van der Waals surface area contributed by atoms with Crippen LogP contribution in [-0.4, -0.2) is 30.6 Å². The summed E-state index contributed by atoms with van der Waals surface area (Å²) in [5.41, 5.74) is 0. The Morgan fingerprint density at radius 2 is 2.18 bits per heavy atom. The van der Waals surface area contributed by atoms with Gasteiger partial charge in [0, 0.05) is 5.92 Å². The molecule has 2 aromatic heterocycles. The molecular weight excluding hydrogens is 344 g/mol. The molecule has 0 aliphatic heterocycles. The van der Waals surface area contributed by atoms with Crippen molar-refractivity contribution in [2.24, 2.45) is 0 Å². The van der Waals surface area contributed by atoms with Crippen molar-refractivity contribution in [1.29, 1.82) is 0 Å². The van der Waals surface area contributed by atoms with E-state index in [4.69, 9.17) is 0 Å². The van der Waals surface area contributed by atoms with Gasteiger partial charge < -0.3 is 0 Å². The molecule has 118 valence electrons. The van der Waals surface area contributed by atoms with E-state index < -0.39 is 22.0 Å². The van der Waals surface area contributed by atoms with Crippen LogP contribution in [0, 0.1) is 0 Å². The van der Waals surface area contributed by atoms with Crippen molar-refractivity contribution in [3.8, 4) is 0 Å². The monoisotopic (exact) mass is 358 g/mol. The number of carbonyl (C=O) groups excluding carboxylic acids is 1. The highest BCUT2D eigenvalue weighted by molar-refractivity contribution is 7.91. The van der Waals surface area contributed by atoms with Crippen LogP contribution in [0.3, 0.4) is 0 Å². The van der Waals surface area contributed by atoms with E-state index in [0.29, 0.717) is 11.0 Å². The van der Waals surface area contributed by atoms with Crippen molar-refractivity contribution >= 4 is 43.7 Å². The van der Waals surface area contributed by atoms with Gasteiger partial charge in [0.15, 0.2) is 0 Å². The Labute approximate surface area is 135 Å². The molecule has 1 aliphatic rings. The minimum Gasteiger partial charge on any atom is -0.299 e. The van der Waals surface area contributed by atoms with Crippen LogP contribution in [0.2, 0.25) is 0 Å². The fraction of sp³-hybridized carbons (Fsp3) is 0.417. The van der Waals surface area contributed by atoms with E-state index in [9.17, 15) is 13.2 Å². The molecule has 0 saturated heterocycles. The normalized spacial score (nSPS) is 16.4. The molecule has 0 aromatic carbocycles. The topological polar surface area (TPSA) is 101 Å². The largest absolute Gasteiger partial charge is 0.299 e. The zero-order valence-electron chi connectivity index (χ0n) is 11.6. The van der Waals surface area contributed by atoms with Crippen LogP contribution in [0.15, 0.2) is 21.7 Å². The van der Waals surface area contributed by atoms with Gasteiger partial charge in [0.1, 0.15) is 9.22 Å². The van der Waals surface area contributed by atoms with E-state index in [1.807, 2.05) is 0 Å². The van der Waals surface area contributed by atoms with Crippen LogP contribution in [0.5, 0.6) is 0 Å². The predicted molar refractivity (Wildman–Crippen MR) is 84.6 cm³/mol. The third kappa shape index (κ3) is 3.51. The molecule has 10 heteroatoms. The molecule has 2 heterocycles. The summed E-state index contributed by atoms with van der Waals surface area (Å²) in [6.45, 7) is 1.49. The SMILES string of the molecule is CC(NS(=O)(=O)c1cccs1)C(=O)Nc1nnc(C2CC2)s1. The number of nitrogens with one attached hydrogen (secondary N) is 2. The molecule has 1 atom stereocenters. The second-order valence-corrected chi connectivity index (χ2v) is 8.88. The Balaban J connectivity index is 1.61. The molecule has 22 heavy (non-hydrogen) atoms. The highest BCUT2D eigenvalue weighted by Crippen LogP contribution is 2.42. The van der Waals surface area contributed by atoms with Gasteiger partial charge in [-0.05, 0) is 31.2 Å². The lowest BCUT2D eigenvalue weighted by molar-refractivity contribution is -0.117. The van der Waals surface area contributed by atoms with Crippen LogP contribution in [0.4, 0.5) is 5.13 Å². The molecule has 7 nitrogen and oxygen atoms in total. The van der Waals surface area contributed by atoms with Gasteiger partial charge in [-0.15, -0.1) is 21.5 Å². The number of hydrogen-bond acceptors (Lipinski definition) is 7. The molecule has 0 spiro atoms. The molecule has 3 rings (SSSR count). The van der Waals surface area contributed by atoms with Gasteiger partial charge in [0.2, 0.25) is 11.0 Å². The molecule has 2 aromatic rings. The van der Waals surface area contributed by atoms with Crippen LogP contribution in [0.1, 0.15) is 30.7 Å². The highest BCUT2D eigenvalue weighted by Gasteiger charge is 2.28. The molecule has 1 amide bonds. The Morgan fingerprint density at radius 3 is 2.82 bits per heavy atom. The summed E-state index contributed by atoms with van der Waals surface area (Å²) in [5.74, 6) is 0.0107. The van der Waals surface area contributed by atoms with E-state index >= 15 is 0 Å². The van der Waals surface area contributed by atoms with Crippen LogP contribution < -0.4 is 10.0 Å². The average molecular weight is 358 g/mol. The molecule has 0 radical (unpaired) electrons. The smallest absolute Gasteiger partial charge is 0.250 e. The van der Waals surface area contributed by atoms with Crippen molar-refractivity contribution in [2.45, 2.75) is 35.9 Å². The first kappa shape index (κ1) is 15.5. The maximum Gasteiger partial charge on any atom is 0.250 e. The lowest BCUT2D eigenvalue weighted by Gasteiger charge is -2.12. The summed E-state index contributed by atoms with van der Waals surface area (Å²) < 4.78 is 26.6. The second kappa shape index (κ2) is 6.03. The van der Waals surface area contributed by atoms with Crippen LogP contribution in [0.25, 0.3) is 0 Å². The summed E-state index contributed by atoms with van der Waals surface area (Å²) >= 11 is 2.43. The van der Waals surface area contributed by atoms with Gasteiger partial charge in [0.25, 0.3) is 10.0 Å². The van der Waals surface area contributed by atoms with Gasteiger partial charge in [-0.1, -0.05) is 17.4 Å². The first-order valence-electron chi connectivity index (χ1n) is 6.66. The van der Waals surface area contributed by atoms with Crippen molar-refractivity contribution in [3.05, 3.63) is 22.5 Å². The highest BCUT2D eigenvalue weighted by atomic mass is 32.2. The minimum absolute atomic E-state index is 0.180. The number of rotatable bonds is 6. The summed E-state index contributed by atoms with van der Waals surface area (Å²) in [4.78, 5) is 12.1. The van der Waals surface area contributed by atoms with E-state index in [2.05, 4.69) is 20.2 Å². The van der Waals surface area contributed by atoms with Crippen LogP contribution >= 0.6 is 22.7 Å². The van der Waals surface area contributed by atoms with Gasteiger partial charge in [-0.2, -0.15) is 4.72 Å². The Hall–Kier alpha value is -1.36. The summed E-state index contributed by atoms with van der Waals surface area (Å²) in [6, 6.07) is 2.23.